The van der Waals surface area contributed by atoms with Crippen molar-refractivity contribution in [1.29, 1.82) is 0 Å². The number of halogens is 3. The van der Waals surface area contributed by atoms with Gasteiger partial charge in [-0.25, -0.2) is 0 Å². The van der Waals surface area contributed by atoms with Crippen LogP contribution in [-0.4, -0.2) is 26.8 Å². The van der Waals surface area contributed by atoms with Crippen LogP contribution in [0.2, 0.25) is 0 Å². The van der Waals surface area contributed by atoms with E-state index in [0.29, 0.717) is 0 Å². The van der Waals surface area contributed by atoms with E-state index < -0.39 is 26.2 Å². The molecule has 0 fully saturated rings. The Morgan fingerprint density at radius 3 is 1.95 bits per heavy atom. The van der Waals surface area contributed by atoms with Gasteiger partial charge in [0.2, 0.25) is 0 Å². The van der Waals surface area contributed by atoms with Gasteiger partial charge in [-0.3, -0.25) is 4.18 Å². The van der Waals surface area contributed by atoms with Gasteiger partial charge < -0.3 is 0 Å². The largest absolute Gasteiger partial charge is 0.524 e. The molecule has 22 heavy (non-hydrogen) atoms. The van der Waals surface area contributed by atoms with Crippen molar-refractivity contribution in [3.8, 4) is 0 Å². The Hall–Kier alpha value is -0.770. The minimum atomic E-state index is -5.76. The molecule has 0 amide bonds. The van der Waals surface area contributed by atoms with Crippen LogP contribution in [0.5, 0.6) is 0 Å². The van der Waals surface area contributed by atoms with Crippen molar-refractivity contribution >= 4 is 20.7 Å². The summed E-state index contributed by atoms with van der Waals surface area (Å²) in [4.78, 5) is 0.257. The van der Waals surface area contributed by atoms with Crippen molar-refractivity contribution in [2.45, 2.75) is 31.2 Å². The maximum absolute atomic E-state index is 12.6. The summed E-state index contributed by atoms with van der Waals surface area (Å²) >= 11 is 0. The molecule has 0 aliphatic carbocycles. The smallest absolute Gasteiger partial charge is 0.278 e. The number of hydrogen-bond acceptors (Lipinski definition) is 4. The summed E-state index contributed by atoms with van der Waals surface area (Å²) in [6, 6.07) is 7.76. The first-order chi connectivity index (χ1) is 9.77. The van der Waals surface area contributed by atoms with Crippen molar-refractivity contribution in [2.75, 3.05) is 12.9 Å². The van der Waals surface area contributed by atoms with Crippen LogP contribution in [0.25, 0.3) is 0 Å². The van der Waals surface area contributed by atoms with E-state index in [-0.39, 0.29) is 16.9 Å². The molecule has 1 rings (SSSR count). The fraction of sp³-hybridized carbons (Fsp3) is 0.538. The second-order valence-electron chi connectivity index (χ2n) is 5.88. The van der Waals surface area contributed by atoms with E-state index in [0.717, 1.165) is 0 Å². The average molecular weight is 360 g/mol. The molecule has 9 heteroatoms. The molecule has 1 atom stereocenters. The standard InChI is InChI=1S/C13H19F3O4S2/c1-12(2,3)10-19-21(4,11-8-6-5-7-9-11)20-22(17,18)13(14,15)16/h5-9H,10H2,1-4H3. The molecule has 0 bridgehead atoms. The Balaban J connectivity index is 3.18. The molecule has 0 spiro atoms. The van der Waals surface area contributed by atoms with Gasteiger partial charge in [-0.15, -0.1) is 14.2 Å². The van der Waals surface area contributed by atoms with Crippen LogP contribution in [0.1, 0.15) is 20.8 Å². The van der Waals surface area contributed by atoms with E-state index in [4.69, 9.17) is 4.18 Å². The van der Waals surface area contributed by atoms with Gasteiger partial charge in [0.1, 0.15) is 0 Å². The molecule has 0 saturated heterocycles. The van der Waals surface area contributed by atoms with Gasteiger partial charge in [0, 0.05) is 6.26 Å². The highest BCUT2D eigenvalue weighted by molar-refractivity contribution is 8.29. The second kappa shape index (κ2) is 6.38. The predicted molar refractivity (Wildman–Crippen MR) is 79.7 cm³/mol. The monoisotopic (exact) mass is 360 g/mol. The number of benzene rings is 1. The summed E-state index contributed by atoms with van der Waals surface area (Å²) in [7, 11) is -8.86. The summed E-state index contributed by atoms with van der Waals surface area (Å²) < 4.78 is 70.5. The quantitative estimate of drug-likeness (QED) is 0.737. The van der Waals surface area contributed by atoms with Gasteiger partial charge in [-0.05, 0) is 17.5 Å². The minimum Gasteiger partial charge on any atom is -0.278 e. The van der Waals surface area contributed by atoms with Crippen molar-refractivity contribution < 1.29 is 29.4 Å². The highest BCUT2D eigenvalue weighted by atomic mass is 32.3. The van der Waals surface area contributed by atoms with Gasteiger partial charge >= 0.3 is 15.6 Å². The topological polar surface area (TPSA) is 52.6 Å². The van der Waals surface area contributed by atoms with Gasteiger partial charge in [-0.1, -0.05) is 39.0 Å². The molecule has 128 valence electrons. The molecule has 0 aromatic heterocycles. The lowest BCUT2D eigenvalue weighted by Crippen LogP contribution is -2.28. The molecule has 0 saturated carbocycles. The summed E-state index contributed by atoms with van der Waals surface area (Å²) in [5.74, 6) is 0. The van der Waals surface area contributed by atoms with Gasteiger partial charge in [0.05, 0.1) is 11.5 Å². The van der Waals surface area contributed by atoms with Crippen molar-refractivity contribution in [2.24, 2.45) is 5.41 Å². The number of alkyl halides is 3. The summed E-state index contributed by atoms with van der Waals surface area (Å²) in [5, 5.41) is 0. The Kier molecular flexibility index (Phi) is 5.59. The van der Waals surface area contributed by atoms with E-state index in [2.05, 4.69) is 3.63 Å². The molecule has 0 N–H and O–H groups in total. The second-order valence-corrected chi connectivity index (χ2v) is 10.0. The molecule has 1 aromatic rings. The van der Waals surface area contributed by atoms with Crippen molar-refractivity contribution in [3.05, 3.63) is 30.3 Å². The first-order valence-corrected chi connectivity index (χ1v) is 9.57. The highest BCUT2D eigenvalue weighted by Gasteiger charge is 2.50. The summed E-state index contributed by atoms with van der Waals surface area (Å²) in [5.41, 5.74) is -5.87. The Morgan fingerprint density at radius 1 is 1.05 bits per heavy atom. The third-order valence-electron chi connectivity index (χ3n) is 2.39. The van der Waals surface area contributed by atoms with Crippen LogP contribution in [0.15, 0.2) is 35.2 Å². The first kappa shape index (κ1) is 19.3. The van der Waals surface area contributed by atoms with Gasteiger partial charge in [-0.2, -0.15) is 21.6 Å². The lowest BCUT2D eigenvalue weighted by molar-refractivity contribution is -0.0500. The maximum Gasteiger partial charge on any atom is 0.524 e. The molecule has 4 nitrogen and oxygen atoms in total. The third kappa shape index (κ3) is 5.15. The molecule has 1 aromatic carbocycles. The first-order valence-electron chi connectivity index (χ1n) is 6.27. The summed E-state index contributed by atoms with van der Waals surface area (Å²) in [6.07, 6.45) is 1.23. The van der Waals surface area contributed by atoms with E-state index in [9.17, 15) is 21.6 Å². The van der Waals surface area contributed by atoms with Crippen LogP contribution in [0, 0.1) is 5.41 Å². The molecule has 0 aliphatic rings. The van der Waals surface area contributed by atoms with Crippen LogP contribution >= 0.6 is 10.6 Å². The highest BCUT2D eigenvalue weighted by Crippen LogP contribution is 2.57. The Labute approximate surface area is 130 Å². The zero-order chi connectivity index (χ0) is 17.2. The fourth-order valence-corrected chi connectivity index (χ4v) is 4.81. The van der Waals surface area contributed by atoms with Crippen molar-refractivity contribution in [3.63, 3.8) is 0 Å². The molecule has 0 radical (unpaired) electrons. The van der Waals surface area contributed by atoms with Gasteiger partial charge in [0.15, 0.2) is 0 Å². The number of rotatable bonds is 5. The molecule has 1 unspecified atom stereocenters. The lowest BCUT2D eigenvalue weighted by atomic mass is 9.99. The molecule has 0 aliphatic heterocycles. The maximum atomic E-state index is 12.6. The molecular weight excluding hydrogens is 341 g/mol. The summed E-state index contributed by atoms with van der Waals surface area (Å²) in [6.45, 7) is 5.49. The fourth-order valence-electron chi connectivity index (χ4n) is 1.29. The van der Waals surface area contributed by atoms with Crippen molar-refractivity contribution in [1.82, 2.24) is 0 Å². The molecular formula is C13H19F3O4S2. The van der Waals surface area contributed by atoms with E-state index >= 15 is 0 Å². The van der Waals surface area contributed by atoms with Crippen LogP contribution in [0.4, 0.5) is 13.2 Å². The van der Waals surface area contributed by atoms with Crippen LogP contribution in [-0.2, 0) is 17.9 Å². The van der Waals surface area contributed by atoms with E-state index in [1.54, 1.807) is 18.2 Å². The minimum absolute atomic E-state index is 0.0428. The normalized spacial score (nSPS) is 17.8. The van der Waals surface area contributed by atoms with Crippen LogP contribution in [0.3, 0.4) is 0 Å². The van der Waals surface area contributed by atoms with E-state index in [1.807, 2.05) is 20.8 Å². The third-order valence-corrected chi connectivity index (χ3v) is 6.41. The van der Waals surface area contributed by atoms with Crippen LogP contribution < -0.4 is 0 Å². The number of hydrogen-bond donors (Lipinski definition) is 0. The Morgan fingerprint density at radius 2 is 1.55 bits per heavy atom. The Bertz CT molecular complexity index is 594. The van der Waals surface area contributed by atoms with Gasteiger partial charge in [0.25, 0.3) is 0 Å². The SMILES string of the molecule is CC(C)(C)COS(C)(OS(=O)(=O)C(F)(F)F)c1ccccc1. The predicted octanol–water partition coefficient (Wildman–Crippen LogP) is 4.24. The molecule has 0 heterocycles. The zero-order valence-corrected chi connectivity index (χ0v) is 14.3. The zero-order valence-electron chi connectivity index (χ0n) is 12.7. The average Bonchev–Trinajstić information content (AvgIpc) is 2.35. The van der Waals surface area contributed by atoms with E-state index in [1.165, 1.54) is 18.4 Å². The lowest BCUT2D eigenvalue weighted by Gasteiger charge is -2.40.